The molecule has 0 radical (unpaired) electrons. The van der Waals surface area contributed by atoms with E-state index in [2.05, 4.69) is 4.74 Å². The highest BCUT2D eigenvalue weighted by Crippen LogP contribution is 2.31. The van der Waals surface area contributed by atoms with Gasteiger partial charge < -0.3 is 14.2 Å². The Bertz CT molecular complexity index is 392. The first-order valence-electron chi connectivity index (χ1n) is 5.58. The van der Waals surface area contributed by atoms with Gasteiger partial charge in [0.2, 0.25) is 0 Å². The van der Waals surface area contributed by atoms with Crippen LogP contribution in [-0.4, -0.2) is 35.4 Å². The monoisotopic (exact) mass is 257 g/mol. The molecule has 0 fully saturated rings. The van der Waals surface area contributed by atoms with Crippen LogP contribution in [0.15, 0.2) is 12.0 Å². The Morgan fingerprint density at radius 3 is 2.33 bits per heavy atom. The van der Waals surface area contributed by atoms with Crippen LogP contribution >= 0.6 is 0 Å². The molecule has 0 N–H and O–H groups in total. The molecule has 18 heavy (non-hydrogen) atoms. The molecule has 0 aromatic carbocycles. The lowest BCUT2D eigenvalue weighted by Gasteiger charge is -2.32. The minimum atomic E-state index is -0.980. The van der Waals surface area contributed by atoms with Crippen LogP contribution in [0.4, 0.5) is 4.79 Å². The van der Waals surface area contributed by atoms with E-state index in [1.165, 1.54) is 13.4 Å². The van der Waals surface area contributed by atoms with E-state index in [4.69, 9.17) is 9.47 Å². The highest BCUT2D eigenvalue weighted by atomic mass is 16.6. The number of ether oxygens (including phenoxy) is 3. The molecule has 1 heterocycles. The summed E-state index contributed by atoms with van der Waals surface area (Å²) in [6.45, 7) is 8.55. The summed E-state index contributed by atoms with van der Waals surface area (Å²) in [4.78, 5) is 24.8. The molecule has 0 saturated heterocycles. The molecule has 0 unspecified atom stereocenters. The van der Waals surface area contributed by atoms with Gasteiger partial charge in [0, 0.05) is 0 Å². The van der Waals surface area contributed by atoms with E-state index in [1.54, 1.807) is 34.6 Å². The first-order chi connectivity index (χ1) is 8.08. The van der Waals surface area contributed by atoms with Crippen molar-refractivity contribution in [1.29, 1.82) is 0 Å². The second-order valence-electron chi connectivity index (χ2n) is 5.38. The Hall–Kier alpha value is -1.72. The van der Waals surface area contributed by atoms with Gasteiger partial charge in [-0.25, -0.2) is 14.5 Å². The Balaban J connectivity index is 2.98. The molecule has 1 aliphatic heterocycles. The average Bonchev–Trinajstić information content (AvgIpc) is 2.50. The number of nitrogens with zero attached hydrogens (tertiary/aromatic N) is 1. The van der Waals surface area contributed by atoms with Crippen LogP contribution in [0.1, 0.15) is 34.6 Å². The van der Waals surface area contributed by atoms with Crippen LogP contribution in [-0.2, 0) is 19.0 Å². The summed E-state index contributed by atoms with van der Waals surface area (Å²) in [6, 6.07) is 0. The van der Waals surface area contributed by atoms with Gasteiger partial charge in [0.05, 0.1) is 7.11 Å². The van der Waals surface area contributed by atoms with Gasteiger partial charge in [-0.05, 0) is 34.6 Å². The zero-order chi connectivity index (χ0) is 14.1. The smallest absolute Gasteiger partial charge is 0.418 e. The topological polar surface area (TPSA) is 65.1 Å². The largest absolute Gasteiger partial charge is 0.473 e. The third-order valence-electron chi connectivity index (χ3n) is 2.21. The van der Waals surface area contributed by atoms with Crippen molar-refractivity contribution in [3.05, 3.63) is 12.0 Å². The first-order valence-corrected chi connectivity index (χ1v) is 5.58. The first kappa shape index (κ1) is 14.3. The maximum Gasteiger partial charge on any atom is 0.418 e. The molecule has 0 saturated carbocycles. The number of esters is 1. The molecular formula is C12H19NO5. The molecule has 1 amide bonds. The van der Waals surface area contributed by atoms with Crippen LogP contribution in [0.3, 0.4) is 0 Å². The zero-order valence-electron chi connectivity index (χ0n) is 11.6. The van der Waals surface area contributed by atoms with E-state index >= 15 is 0 Å². The fraction of sp³-hybridized carbons (Fsp3) is 0.667. The van der Waals surface area contributed by atoms with Crippen molar-refractivity contribution >= 4 is 12.1 Å². The second kappa shape index (κ2) is 4.51. The third kappa shape index (κ3) is 2.94. The maximum absolute atomic E-state index is 12.1. The Kier molecular flexibility index (Phi) is 3.59. The van der Waals surface area contributed by atoms with Crippen molar-refractivity contribution in [2.24, 2.45) is 0 Å². The third-order valence-corrected chi connectivity index (χ3v) is 2.21. The number of hydrogen-bond acceptors (Lipinski definition) is 5. The molecule has 0 aromatic heterocycles. The van der Waals surface area contributed by atoms with Crippen LogP contribution < -0.4 is 0 Å². The van der Waals surface area contributed by atoms with Crippen LogP contribution in [0.2, 0.25) is 0 Å². The lowest BCUT2D eigenvalue weighted by atomic mass is 10.2. The number of amides is 1. The predicted molar refractivity (Wildman–Crippen MR) is 63.3 cm³/mol. The Morgan fingerprint density at radius 2 is 1.89 bits per heavy atom. The molecule has 1 rings (SSSR count). The molecule has 0 aromatic rings. The number of hydrogen-bond donors (Lipinski definition) is 0. The molecule has 6 heteroatoms. The van der Waals surface area contributed by atoms with Crippen LogP contribution in [0.25, 0.3) is 0 Å². The standard InChI is InChI=1S/C12H19NO5/c1-11(2,3)18-10(15)13-8(9(14)16-6)7-17-12(13,4)5/h7H,1-6H3. The van der Waals surface area contributed by atoms with E-state index in [0.717, 1.165) is 4.90 Å². The van der Waals surface area contributed by atoms with Gasteiger partial charge >= 0.3 is 12.1 Å². The molecule has 102 valence electrons. The highest BCUT2D eigenvalue weighted by molar-refractivity contribution is 5.92. The highest BCUT2D eigenvalue weighted by Gasteiger charge is 2.45. The number of methoxy groups -OCH3 is 1. The van der Waals surface area contributed by atoms with E-state index < -0.39 is 23.4 Å². The maximum atomic E-state index is 12.1. The summed E-state index contributed by atoms with van der Waals surface area (Å²) < 4.78 is 15.1. The predicted octanol–water partition coefficient (Wildman–Crippen LogP) is 2.00. The van der Waals surface area contributed by atoms with Crippen molar-refractivity contribution < 1.29 is 23.8 Å². The van der Waals surface area contributed by atoms with Gasteiger partial charge in [-0.1, -0.05) is 0 Å². The van der Waals surface area contributed by atoms with Gasteiger partial charge in [0.25, 0.3) is 0 Å². The van der Waals surface area contributed by atoms with Crippen molar-refractivity contribution in [3.8, 4) is 0 Å². The van der Waals surface area contributed by atoms with E-state index in [1.807, 2.05) is 0 Å². The summed E-state index contributed by atoms with van der Waals surface area (Å²) in [5.74, 6) is -0.647. The average molecular weight is 257 g/mol. The number of rotatable bonds is 1. The molecule has 0 aliphatic carbocycles. The lowest BCUT2D eigenvalue weighted by Crippen LogP contribution is -2.47. The van der Waals surface area contributed by atoms with E-state index in [-0.39, 0.29) is 5.70 Å². The Labute approximate surface area is 106 Å². The summed E-state index contributed by atoms with van der Waals surface area (Å²) >= 11 is 0. The lowest BCUT2D eigenvalue weighted by molar-refractivity contribution is -0.139. The summed E-state index contributed by atoms with van der Waals surface area (Å²) in [7, 11) is 1.24. The molecule has 0 spiro atoms. The van der Waals surface area contributed by atoms with Crippen LogP contribution in [0.5, 0.6) is 0 Å². The van der Waals surface area contributed by atoms with E-state index in [9.17, 15) is 9.59 Å². The minimum Gasteiger partial charge on any atom is -0.473 e. The van der Waals surface area contributed by atoms with Gasteiger partial charge in [0.1, 0.15) is 11.9 Å². The fourth-order valence-electron chi connectivity index (χ4n) is 1.47. The van der Waals surface area contributed by atoms with Gasteiger partial charge in [-0.2, -0.15) is 0 Å². The van der Waals surface area contributed by atoms with Crippen molar-refractivity contribution in [3.63, 3.8) is 0 Å². The van der Waals surface area contributed by atoms with Crippen molar-refractivity contribution in [2.45, 2.75) is 45.9 Å². The van der Waals surface area contributed by atoms with Gasteiger partial charge in [0.15, 0.2) is 11.4 Å². The quantitative estimate of drug-likeness (QED) is 0.672. The Morgan fingerprint density at radius 1 is 1.33 bits per heavy atom. The van der Waals surface area contributed by atoms with Crippen LogP contribution in [0, 0.1) is 0 Å². The number of carbonyl (C=O) groups is 2. The summed E-state index contributed by atoms with van der Waals surface area (Å²) in [5.41, 5.74) is -1.61. The van der Waals surface area contributed by atoms with Crippen molar-refractivity contribution in [1.82, 2.24) is 4.90 Å². The SMILES string of the molecule is COC(=O)C1=COC(C)(C)N1C(=O)OC(C)(C)C. The molecule has 6 nitrogen and oxygen atoms in total. The fourth-order valence-corrected chi connectivity index (χ4v) is 1.47. The normalized spacial score (nSPS) is 17.9. The summed E-state index contributed by atoms with van der Waals surface area (Å²) in [6.07, 6.45) is 0.553. The molecular weight excluding hydrogens is 238 g/mol. The molecule has 0 atom stereocenters. The van der Waals surface area contributed by atoms with Gasteiger partial charge in [-0.15, -0.1) is 0 Å². The van der Waals surface area contributed by atoms with Crippen molar-refractivity contribution in [2.75, 3.05) is 7.11 Å². The molecule has 1 aliphatic rings. The van der Waals surface area contributed by atoms with Gasteiger partial charge in [-0.3, -0.25) is 0 Å². The van der Waals surface area contributed by atoms with E-state index in [0.29, 0.717) is 0 Å². The summed E-state index contributed by atoms with van der Waals surface area (Å²) in [5, 5.41) is 0. The molecule has 0 bridgehead atoms. The minimum absolute atomic E-state index is 0.0248. The zero-order valence-corrected chi connectivity index (χ0v) is 11.6. The second-order valence-corrected chi connectivity index (χ2v) is 5.38. The number of carbonyl (C=O) groups excluding carboxylic acids is 2.